The molecule has 1 aliphatic carbocycles. The van der Waals surface area contributed by atoms with Crippen molar-refractivity contribution in [1.82, 2.24) is 9.88 Å². The van der Waals surface area contributed by atoms with Crippen molar-refractivity contribution in [1.29, 1.82) is 0 Å². The lowest BCUT2D eigenvalue weighted by Gasteiger charge is -2.31. The molecule has 4 nitrogen and oxygen atoms in total. The third kappa shape index (κ3) is 2.91. The summed E-state index contributed by atoms with van der Waals surface area (Å²) >= 11 is 0. The molecule has 0 radical (unpaired) electrons. The molecule has 2 aliphatic rings. The molecule has 0 amide bonds. The van der Waals surface area contributed by atoms with Gasteiger partial charge in [0.15, 0.2) is 0 Å². The first kappa shape index (κ1) is 17.5. The van der Waals surface area contributed by atoms with E-state index in [0.29, 0.717) is 5.92 Å². The number of hydrogen-bond acceptors (Lipinski definition) is 4. The maximum atomic E-state index is 11.5. The van der Waals surface area contributed by atoms with Gasteiger partial charge in [-0.15, -0.1) is 0 Å². The topological polar surface area (TPSA) is 45.6 Å². The van der Waals surface area contributed by atoms with E-state index in [0.717, 1.165) is 49.5 Å². The van der Waals surface area contributed by atoms with Crippen LogP contribution in [0.5, 0.6) is 5.75 Å². The summed E-state index contributed by atoms with van der Waals surface area (Å²) in [7, 11) is 1.73. The van der Waals surface area contributed by atoms with Gasteiger partial charge in [0.1, 0.15) is 11.4 Å². The Kier molecular flexibility index (Phi) is 4.49. The van der Waals surface area contributed by atoms with Gasteiger partial charge in [-0.25, -0.2) is 0 Å². The highest BCUT2D eigenvalue weighted by Gasteiger charge is 2.53. The largest absolute Gasteiger partial charge is 0.496 e. The van der Waals surface area contributed by atoms with E-state index >= 15 is 0 Å². The second kappa shape index (κ2) is 6.67. The third-order valence-corrected chi connectivity index (χ3v) is 6.28. The molecule has 1 saturated heterocycles. The molecular formula is C22H28N2O2. The van der Waals surface area contributed by atoms with Crippen LogP contribution in [0.3, 0.4) is 0 Å². The zero-order chi connectivity index (χ0) is 18.3. The number of hydrogen-bond donors (Lipinski definition) is 1. The number of rotatable bonds is 4. The van der Waals surface area contributed by atoms with E-state index in [9.17, 15) is 5.11 Å². The van der Waals surface area contributed by atoms with Gasteiger partial charge in [0, 0.05) is 37.3 Å². The molecule has 4 heteroatoms. The Morgan fingerprint density at radius 2 is 2.12 bits per heavy atom. The summed E-state index contributed by atoms with van der Waals surface area (Å²) < 4.78 is 5.54. The summed E-state index contributed by atoms with van der Waals surface area (Å²) in [5, 5.41) is 11.5. The lowest BCUT2D eigenvalue weighted by molar-refractivity contribution is -0.0114. The molecule has 3 unspecified atom stereocenters. The normalized spacial score (nSPS) is 28.3. The Hall–Kier alpha value is -1.91. The zero-order valence-corrected chi connectivity index (χ0v) is 15.9. The van der Waals surface area contributed by atoms with Crippen LogP contribution in [-0.2, 0) is 12.1 Å². The van der Waals surface area contributed by atoms with Crippen molar-refractivity contribution in [3.8, 4) is 5.75 Å². The van der Waals surface area contributed by atoms with Gasteiger partial charge in [0.25, 0.3) is 0 Å². The fourth-order valence-corrected chi connectivity index (χ4v) is 5.02. The predicted octanol–water partition coefficient (Wildman–Crippen LogP) is 3.44. The van der Waals surface area contributed by atoms with Crippen molar-refractivity contribution < 1.29 is 9.84 Å². The Bertz CT molecular complexity index is 806. The molecule has 2 aromatic rings. The molecule has 4 rings (SSSR count). The first-order valence-electron chi connectivity index (χ1n) is 9.51. The number of pyridine rings is 1. The lowest BCUT2D eigenvalue weighted by atomic mass is 9.83. The Labute approximate surface area is 155 Å². The molecule has 1 saturated carbocycles. The fourth-order valence-electron chi connectivity index (χ4n) is 5.02. The van der Waals surface area contributed by atoms with Crippen molar-refractivity contribution in [3.05, 3.63) is 58.9 Å². The Balaban J connectivity index is 1.55. The van der Waals surface area contributed by atoms with Gasteiger partial charge in [-0.1, -0.05) is 23.8 Å². The number of nitrogens with zero attached hydrogens (tertiary/aromatic N) is 2. The van der Waals surface area contributed by atoms with E-state index in [1.54, 1.807) is 13.3 Å². The van der Waals surface area contributed by atoms with Crippen molar-refractivity contribution in [3.63, 3.8) is 0 Å². The first-order chi connectivity index (χ1) is 12.5. The van der Waals surface area contributed by atoms with Crippen molar-refractivity contribution >= 4 is 0 Å². The highest BCUT2D eigenvalue weighted by molar-refractivity contribution is 5.37. The number of benzene rings is 1. The van der Waals surface area contributed by atoms with Gasteiger partial charge in [-0.3, -0.25) is 9.88 Å². The summed E-state index contributed by atoms with van der Waals surface area (Å²) in [6.07, 6.45) is 3.69. The molecule has 138 valence electrons. The average molecular weight is 352 g/mol. The van der Waals surface area contributed by atoms with Crippen LogP contribution in [0.25, 0.3) is 0 Å². The second-order valence-electron chi connectivity index (χ2n) is 8.01. The van der Waals surface area contributed by atoms with Crippen LogP contribution in [0.2, 0.25) is 0 Å². The maximum absolute atomic E-state index is 11.5. The van der Waals surface area contributed by atoms with Crippen LogP contribution in [0.15, 0.2) is 36.5 Å². The fraction of sp³-hybridized carbons (Fsp3) is 0.500. The van der Waals surface area contributed by atoms with E-state index in [-0.39, 0.29) is 5.92 Å². The summed E-state index contributed by atoms with van der Waals surface area (Å²) in [6, 6.07) is 10.3. The van der Waals surface area contributed by atoms with Crippen LogP contribution in [0, 0.1) is 25.7 Å². The number of methoxy groups -OCH3 is 1. The monoisotopic (exact) mass is 352 g/mol. The number of fused-ring (bicyclic) bond motifs is 1. The number of aromatic nitrogens is 1. The molecule has 3 atom stereocenters. The quantitative estimate of drug-likeness (QED) is 0.916. The minimum Gasteiger partial charge on any atom is -0.496 e. The first-order valence-corrected chi connectivity index (χ1v) is 9.51. The zero-order valence-electron chi connectivity index (χ0n) is 15.9. The predicted molar refractivity (Wildman–Crippen MR) is 102 cm³/mol. The van der Waals surface area contributed by atoms with Crippen molar-refractivity contribution in [2.45, 2.75) is 38.8 Å². The highest BCUT2D eigenvalue weighted by atomic mass is 16.5. The minimum atomic E-state index is -0.790. The van der Waals surface area contributed by atoms with Gasteiger partial charge in [0.2, 0.25) is 0 Å². The van der Waals surface area contributed by atoms with E-state index < -0.39 is 5.60 Å². The number of ether oxygens (including phenoxy) is 1. The molecule has 1 aliphatic heterocycles. The third-order valence-electron chi connectivity index (χ3n) is 6.28. The van der Waals surface area contributed by atoms with E-state index in [1.165, 1.54) is 11.1 Å². The molecule has 2 fully saturated rings. The molecule has 2 heterocycles. The van der Waals surface area contributed by atoms with Crippen molar-refractivity contribution in [2.75, 3.05) is 20.2 Å². The van der Waals surface area contributed by atoms with Crippen LogP contribution >= 0.6 is 0 Å². The maximum Gasteiger partial charge on any atom is 0.123 e. The van der Waals surface area contributed by atoms with Gasteiger partial charge < -0.3 is 9.84 Å². The molecule has 0 spiro atoms. The van der Waals surface area contributed by atoms with E-state index in [2.05, 4.69) is 48.0 Å². The number of aliphatic hydroxyl groups is 1. The molecule has 26 heavy (non-hydrogen) atoms. The summed E-state index contributed by atoms with van der Waals surface area (Å²) in [6.45, 7) is 6.99. The van der Waals surface area contributed by atoms with Gasteiger partial charge in [0.05, 0.1) is 12.8 Å². The van der Waals surface area contributed by atoms with Crippen LogP contribution in [-0.4, -0.2) is 35.2 Å². The molecular weight excluding hydrogens is 324 g/mol. The van der Waals surface area contributed by atoms with Gasteiger partial charge >= 0.3 is 0 Å². The van der Waals surface area contributed by atoms with Gasteiger partial charge in [-0.05, 0) is 50.3 Å². The molecule has 1 N–H and O–H groups in total. The highest BCUT2D eigenvalue weighted by Crippen LogP contribution is 2.50. The smallest absolute Gasteiger partial charge is 0.123 e. The SMILES string of the molecule is COc1ccc(C)cc1CN1CC2CCC(O)(c3ncccc3C)C2C1. The lowest BCUT2D eigenvalue weighted by Crippen LogP contribution is -2.36. The van der Waals surface area contributed by atoms with Crippen molar-refractivity contribution in [2.24, 2.45) is 11.8 Å². The van der Waals surface area contributed by atoms with Gasteiger partial charge in [-0.2, -0.15) is 0 Å². The molecule has 1 aromatic heterocycles. The molecule has 0 bridgehead atoms. The van der Waals surface area contributed by atoms with E-state index in [1.807, 2.05) is 6.07 Å². The summed E-state index contributed by atoms with van der Waals surface area (Å²) in [5.74, 6) is 1.74. The minimum absolute atomic E-state index is 0.256. The van der Waals surface area contributed by atoms with Crippen LogP contribution < -0.4 is 4.74 Å². The summed E-state index contributed by atoms with van der Waals surface area (Å²) in [4.78, 5) is 7.02. The van der Waals surface area contributed by atoms with E-state index in [4.69, 9.17) is 4.74 Å². The second-order valence-corrected chi connectivity index (χ2v) is 8.01. The van der Waals surface area contributed by atoms with Crippen LogP contribution in [0.4, 0.5) is 0 Å². The van der Waals surface area contributed by atoms with Crippen LogP contribution in [0.1, 0.15) is 35.2 Å². The number of likely N-dealkylation sites (tertiary alicyclic amines) is 1. The standard InChI is InChI=1S/C22H28N2O2/c1-15-6-7-20(26-3)18(11-15)13-24-12-17-8-9-22(25,19(17)14-24)21-16(2)5-4-10-23-21/h4-7,10-11,17,19,25H,8-9,12-14H2,1-3H3. The number of aryl methyl sites for hydroxylation is 2. The Morgan fingerprint density at radius 1 is 1.27 bits per heavy atom. The average Bonchev–Trinajstić information content (AvgIpc) is 3.16. The summed E-state index contributed by atoms with van der Waals surface area (Å²) in [5.41, 5.74) is 3.66. The molecule has 1 aromatic carbocycles. The Morgan fingerprint density at radius 3 is 2.88 bits per heavy atom.